The summed E-state index contributed by atoms with van der Waals surface area (Å²) in [6.07, 6.45) is 6.49. The first kappa shape index (κ1) is 11.3. The molecule has 0 aromatic rings. The van der Waals surface area contributed by atoms with Crippen molar-refractivity contribution in [2.24, 2.45) is 11.8 Å². The molecule has 2 atom stereocenters. The van der Waals surface area contributed by atoms with Crippen LogP contribution in [-0.4, -0.2) is 11.1 Å². The summed E-state index contributed by atoms with van der Waals surface area (Å²) in [5.41, 5.74) is 1.17. The van der Waals surface area contributed by atoms with Crippen LogP contribution in [0.1, 0.15) is 45.4 Å². The lowest BCUT2D eigenvalue weighted by Crippen LogP contribution is -1.97. The Labute approximate surface area is 86.0 Å². The van der Waals surface area contributed by atoms with Crippen molar-refractivity contribution in [2.75, 3.05) is 0 Å². The molecule has 0 aromatic heterocycles. The molecule has 1 rings (SSSR count). The Morgan fingerprint density at radius 2 is 2.07 bits per heavy atom. The maximum absolute atomic E-state index is 10.5. The van der Waals surface area contributed by atoms with Crippen molar-refractivity contribution in [3.63, 3.8) is 0 Å². The molecule has 0 radical (unpaired) electrons. The van der Waals surface area contributed by atoms with E-state index >= 15 is 0 Å². The summed E-state index contributed by atoms with van der Waals surface area (Å²) < 4.78 is 0. The van der Waals surface area contributed by atoms with E-state index in [0.29, 0.717) is 5.92 Å². The predicted octanol–water partition coefficient (Wildman–Crippen LogP) is 3.23. The zero-order chi connectivity index (χ0) is 10.6. The third-order valence-electron chi connectivity index (χ3n) is 3.09. The molecule has 0 spiro atoms. The molecule has 0 bridgehead atoms. The smallest absolute Gasteiger partial charge is 0.303 e. The Bertz CT molecular complexity index is 220. The molecule has 80 valence electrons. The van der Waals surface area contributed by atoms with Gasteiger partial charge in [0.25, 0.3) is 0 Å². The standard InChI is InChI=1S/C12H20O2/c1-3-4-5-6-7-10-9(2)11(10)8-12(13)14/h10-11H,2-8H2,1H3,(H,13,14). The minimum Gasteiger partial charge on any atom is -0.481 e. The molecule has 1 saturated carbocycles. The third-order valence-corrected chi connectivity index (χ3v) is 3.09. The molecule has 14 heavy (non-hydrogen) atoms. The molecule has 1 aliphatic rings. The Hall–Kier alpha value is -0.790. The monoisotopic (exact) mass is 196 g/mol. The van der Waals surface area contributed by atoms with Crippen LogP contribution in [0.4, 0.5) is 0 Å². The van der Waals surface area contributed by atoms with Gasteiger partial charge in [0, 0.05) is 0 Å². The molecule has 1 fully saturated rings. The van der Waals surface area contributed by atoms with Crippen LogP contribution < -0.4 is 0 Å². The first-order valence-corrected chi connectivity index (χ1v) is 5.57. The van der Waals surface area contributed by atoms with Gasteiger partial charge in [-0.1, -0.05) is 44.8 Å². The maximum Gasteiger partial charge on any atom is 0.303 e. The van der Waals surface area contributed by atoms with E-state index in [1.54, 1.807) is 0 Å². The number of rotatable bonds is 7. The van der Waals surface area contributed by atoms with Crippen LogP contribution in [0.5, 0.6) is 0 Å². The van der Waals surface area contributed by atoms with Gasteiger partial charge < -0.3 is 5.11 Å². The molecule has 2 unspecified atom stereocenters. The molecule has 0 saturated heterocycles. The summed E-state index contributed by atoms with van der Waals surface area (Å²) in [5.74, 6) is 0.115. The fourth-order valence-electron chi connectivity index (χ4n) is 2.08. The number of allylic oxidation sites excluding steroid dienone is 1. The van der Waals surface area contributed by atoms with Gasteiger partial charge >= 0.3 is 5.97 Å². The highest BCUT2D eigenvalue weighted by Crippen LogP contribution is 2.49. The first-order chi connectivity index (χ1) is 6.66. The first-order valence-electron chi connectivity index (χ1n) is 5.57. The summed E-state index contributed by atoms with van der Waals surface area (Å²) in [5, 5.41) is 8.63. The van der Waals surface area contributed by atoms with Gasteiger partial charge in [-0.3, -0.25) is 4.79 Å². The fourth-order valence-corrected chi connectivity index (χ4v) is 2.08. The molecular formula is C12H20O2. The zero-order valence-corrected chi connectivity index (χ0v) is 8.96. The maximum atomic E-state index is 10.5. The topological polar surface area (TPSA) is 37.3 Å². The van der Waals surface area contributed by atoms with E-state index in [0.717, 1.165) is 6.42 Å². The Kier molecular flexibility index (Phi) is 4.18. The Morgan fingerprint density at radius 3 is 2.64 bits per heavy atom. The average Bonchev–Trinajstić information content (AvgIpc) is 2.70. The molecular weight excluding hydrogens is 176 g/mol. The average molecular weight is 196 g/mol. The highest BCUT2D eigenvalue weighted by molar-refractivity contribution is 5.69. The van der Waals surface area contributed by atoms with Gasteiger partial charge in [-0.25, -0.2) is 0 Å². The summed E-state index contributed by atoms with van der Waals surface area (Å²) >= 11 is 0. The summed E-state index contributed by atoms with van der Waals surface area (Å²) in [6.45, 7) is 6.12. The largest absolute Gasteiger partial charge is 0.481 e. The van der Waals surface area contributed by atoms with Crippen molar-refractivity contribution in [3.05, 3.63) is 12.2 Å². The lowest BCUT2D eigenvalue weighted by atomic mass is 10.1. The zero-order valence-electron chi connectivity index (χ0n) is 8.96. The van der Waals surface area contributed by atoms with Gasteiger partial charge in [0.1, 0.15) is 0 Å². The van der Waals surface area contributed by atoms with Crippen LogP contribution in [0, 0.1) is 11.8 Å². The van der Waals surface area contributed by atoms with Crippen molar-refractivity contribution in [1.82, 2.24) is 0 Å². The van der Waals surface area contributed by atoms with Gasteiger partial charge in [0.2, 0.25) is 0 Å². The second-order valence-electron chi connectivity index (χ2n) is 4.24. The van der Waals surface area contributed by atoms with E-state index in [-0.39, 0.29) is 12.3 Å². The van der Waals surface area contributed by atoms with Crippen molar-refractivity contribution >= 4 is 5.97 Å². The van der Waals surface area contributed by atoms with Crippen LogP contribution in [0.25, 0.3) is 0 Å². The predicted molar refractivity (Wildman–Crippen MR) is 57.1 cm³/mol. The molecule has 2 nitrogen and oxygen atoms in total. The lowest BCUT2D eigenvalue weighted by Gasteiger charge is -1.97. The number of aliphatic carboxylic acids is 1. The van der Waals surface area contributed by atoms with E-state index in [1.165, 1.54) is 31.3 Å². The molecule has 1 N–H and O–H groups in total. The van der Waals surface area contributed by atoms with Gasteiger partial charge in [-0.05, 0) is 18.3 Å². The Balaban J connectivity index is 2.10. The SMILES string of the molecule is C=C1C(CCCCCC)C1CC(=O)O. The molecule has 0 aromatic carbocycles. The van der Waals surface area contributed by atoms with Crippen LogP contribution in [0.15, 0.2) is 12.2 Å². The second kappa shape index (κ2) is 5.18. The van der Waals surface area contributed by atoms with Gasteiger partial charge in [-0.15, -0.1) is 0 Å². The molecule has 0 amide bonds. The highest BCUT2D eigenvalue weighted by atomic mass is 16.4. The van der Waals surface area contributed by atoms with E-state index in [1.807, 2.05) is 0 Å². The third kappa shape index (κ3) is 3.17. The van der Waals surface area contributed by atoms with Gasteiger partial charge in [0.05, 0.1) is 6.42 Å². The quantitative estimate of drug-likeness (QED) is 0.501. The number of unbranched alkanes of at least 4 members (excludes halogenated alkanes) is 3. The van der Waals surface area contributed by atoms with Crippen molar-refractivity contribution in [3.8, 4) is 0 Å². The summed E-state index contributed by atoms with van der Waals surface area (Å²) in [4.78, 5) is 10.5. The van der Waals surface area contributed by atoms with Gasteiger partial charge in [-0.2, -0.15) is 0 Å². The molecule has 0 aliphatic heterocycles. The summed E-state index contributed by atoms with van der Waals surface area (Å²) in [6, 6.07) is 0. The van der Waals surface area contributed by atoms with Crippen molar-refractivity contribution in [2.45, 2.75) is 45.4 Å². The molecule has 0 heterocycles. The second-order valence-corrected chi connectivity index (χ2v) is 4.24. The van der Waals surface area contributed by atoms with Crippen LogP contribution in [0.2, 0.25) is 0 Å². The van der Waals surface area contributed by atoms with Crippen LogP contribution in [-0.2, 0) is 4.79 Å². The van der Waals surface area contributed by atoms with E-state index in [4.69, 9.17) is 5.11 Å². The normalized spacial score (nSPS) is 25.1. The van der Waals surface area contributed by atoms with E-state index in [9.17, 15) is 4.79 Å². The van der Waals surface area contributed by atoms with Crippen LogP contribution in [0.3, 0.4) is 0 Å². The number of hydrogen-bond acceptors (Lipinski definition) is 1. The highest BCUT2D eigenvalue weighted by Gasteiger charge is 2.42. The Morgan fingerprint density at radius 1 is 1.36 bits per heavy atom. The number of carbonyl (C=O) groups is 1. The number of hydrogen-bond donors (Lipinski definition) is 1. The fraction of sp³-hybridized carbons (Fsp3) is 0.750. The van der Waals surface area contributed by atoms with E-state index in [2.05, 4.69) is 13.5 Å². The number of carboxylic acid groups (broad SMARTS) is 1. The summed E-state index contributed by atoms with van der Waals surface area (Å²) in [7, 11) is 0. The molecule has 1 aliphatic carbocycles. The molecule has 2 heteroatoms. The number of carboxylic acids is 1. The minimum atomic E-state index is -0.688. The lowest BCUT2D eigenvalue weighted by molar-refractivity contribution is -0.137. The van der Waals surface area contributed by atoms with Crippen molar-refractivity contribution in [1.29, 1.82) is 0 Å². The van der Waals surface area contributed by atoms with Crippen molar-refractivity contribution < 1.29 is 9.90 Å². The van der Waals surface area contributed by atoms with Crippen LogP contribution >= 0.6 is 0 Å². The van der Waals surface area contributed by atoms with Gasteiger partial charge in [0.15, 0.2) is 0 Å². The van der Waals surface area contributed by atoms with E-state index < -0.39 is 5.97 Å². The minimum absolute atomic E-state index is 0.286.